The molecule has 0 spiro atoms. The van der Waals surface area contributed by atoms with Crippen molar-refractivity contribution in [3.8, 4) is 11.8 Å². The Balaban J connectivity index is 3.15. The lowest BCUT2D eigenvalue weighted by molar-refractivity contribution is 0.566. The second-order valence-electron chi connectivity index (χ2n) is 4.92. The Morgan fingerprint density at radius 1 is 1.37 bits per heavy atom. The maximum Gasteiger partial charge on any atom is 0.237 e. The quantitative estimate of drug-likeness (QED) is 0.822. The van der Waals surface area contributed by atoms with Gasteiger partial charge >= 0.3 is 0 Å². The molecule has 3 N–H and O–H groups in total. The average molecular weight is 301 g/mol. The summed E-state index contributed by atoms with van der Waals surface area (Å²) in [6.45, 7) is 5.08. The van der Waals surface area contributed by atoms with Crippen molar-refractivity contribution in [3.63, 3.8) is 0 Å². The van der Waals surface area contributed by atoms with Gasteiger partial charge in [-0.2, -0.15) is 0 Å². The number of nitrogens with two attached hydrogens (primary N) is 1. The Labute approximate surface area is 119 Å². The molecule has 4 nitrogen and oxygen atoms in total. The van der Waals surface area contributed by atoms with Crippen molar-refractivity contribution < 1.29 is 8.42 Å². The number of hydrogen-bond acceptors (Lipinski definition) is 3. The van der Waals surface area contributed by atoms with E-state index in [4.69, 9.17) is 17.3 Å². The maximum absolute atomic E-state index is 12.1. The molecule has 0 atom stereocenters. The zero-order valence-electron chi connectivity index (χ0n) is 11.1. The number of halogens is 1. The van der Waals surface area contributed by atoms with Crippen LogP contribution in [0.25, 0.3) is 0 Å². The molecule has 0 saturated carbocycles. The van der Waals surface area contributed by atoms with E-state index in [1.807, 2.05) is 0 Å². The third-order valence-electron chi connectivity index (χ3n) is 2.35. The molecule has 0 aliphatic rings. The van der Waals surface area contributed by atoms with Gasteiger partial charge in [0.1, 0.15) is 0 Å². The second-order valence-corrected chi connectivity index (χ2v) is 7.76. The minimum Gasteiger partial charge on any atom is -0.320 e. The molecule has 0 aromatic heterocycles. The molecule has 19 heavy (non-hydrogen) atoms. The van der Waals surface area contributed by atoms with Crippen LogP contribution in [0.2, 0.25) is 5.02 Å². The molecular formula is C13H17ClN2O2S. The highest BCUT2D eigenvalue weighted by Crippen LogP contribution is 2.26. The molecule has 1 rings (SSSR count). The standard InChI is InChI=1S/C13H17ClN2O2S/c1-13(2,3)19(17,18)16-12-9-10(5-4-8-15)6-7-11(12)14/h6-7,9,16H,8,15H2,1-3H3. The van der Waals surface area contributed by atoms with Gasteiger partial charge in [-0.3, -0.25) is 4.72 Å². The van der Waals surface area contributed by atoms with Crippen LogP contribution in [0.5, 0.6) is 0 Å². The number of rotatable bonds is 2. The predicted molar refractivity (Wildman–Crippen MR) is 79.7 cm³/mol. The fraction of sp³-hybridized carbons (Fsp3) is 0.385. The van der Waals surface area contributed by atoms with Crippen LogP contribution in [0, 0.1) is 11.8 Å². The lowest BCUT2D eigenvalue weighted by atomic mass is 10.2. The molecule has 0 unspecified atom stereocenters. The van der Waals surface area contributed by atoms with E-state index >= 15 is 0 Å². The van der Waals surface area contributed by atoms with Gasteiger partial charge in [-0.1, -0.05) is 23.4 Å². The van der Waals surface area contributed by atoms with Gasteiger partial charge in [0.15, 0.2) is 0 Å². The van der Waals surface area contributed by atoms with Crippen LogP contribution in [-0.4, -0.2) is 19.7 Å². The molecule has 1 aromatic carbocycles. The maximum atomic E-state index is 12.1. The topological polar surface area (TPSA) is 72.2 Å². The molecule has 0 radical (unpaired) electrons. The Morgan fingerprint density at radius 3 is 2.53 bits per heavy atom. The summed E-state index contributed by atoms with van der Waals surface area (Å²) in [7, 11) is -3.52. The zero-order valence-corrected chi connectivity index (χ0v) is 12.7. The second kappa shape index (κ2) is 5.83. The van der Waals surface area contributed by atoms with Crippen molar-refractivity contribution in [1.82, 2.24) is 0 Å². The van der Waals surface area contributed by atoms with Crippen molar-refractivity contribution >= 4 is 27.3 Å². The molecule has 1 aromatic rings. The van der Waals surface area contributed by atoms with Crippen molar-refractivity contribution in [2.24, 2.45) is 5.73 Å². The number of hydrogen-bond donors (Lipinski definition) is 2. The molecule has 104 valence electrons. The van der Waals surface area contributed by atoms with E-state index < -0.39 is 14.8 Å². The van der Waals surface area contributed by atoms with Gasteiger partial charge in [0.25, 0.3) is 0 Å². The van der Waals surface area contributed by atoms with E-state index in [2.05, 4.69) is 16.6 Å². The van der Waals surface area contributed by atoms with Crippen molar-refractivity contribution in [3.05, 3.63) is 28.8 Å². The first-order valence-electron chi connectivity index (χ1n) is 5.68. The molecule has 0 amide bonds. The lowest BCUT2D eigenvalue weighted by Crippen LogP contribution is -2.33. The number of nitrogens with one attached hydrogen (secondary N) is 1. The van der Waals surface area contributed by atoms with E-state index in [-0.39, 0.29) is 6.54 Å². The molecule has 6 heteroatoms. The van der Waals surface area contributed by atoms with Gasteiger partial charge in [0.2, 0.25) is 10.0 Å². The molecular weight excluding hydrogens is 284 g/mol. The van der Waals surface area contributed by atoms with Crippen LogP contribution in [-0.2, 0) is 10.0 Å². The van der Waals surface area contributed by atoms with Gasteiger partial charge in [0.05, 0.1) is 22.0 Å². The van der Waals surface area contributed by atoms with Gasteiger partial charge < -0.3 is 5.73 Å². The lowest BCUT2D eigenvalue weighted by Gasteiger charge is -2.21. The van der Waals surface area contributed by atoms with Crippen LogP contribution in [0.1, 0.15) is 26.3 Å². The summed E-state index contributed by atoms with van der Waals surface area (Å²) in [4.78, 5) is 0. The monoisotopic (exact) mass is 300 g/mol. The molecule has 0 fully saturated rings. The summed E-state index contributed by atoms with van der Waals surface area (Å²) in [5, 5.41) is 0.325. The Bertz CT molecular complexity index is 622. The fourth-order valence-electron chi connectivity index (χ4n) is 1.13. The Hall–Kier alpha value is -1.22. The average Bonchev–Trinajstić information content (AvgIpc) is 2.28. The Kier molecular flexibility index (Phi) is 4.86. The summed E-state index contributed by atoms with van der Waals surface area (Å²) in [5.74, 6) is 5.53. The van der Waals surface area contributed by atoms with E-state index in [9.17, 15) is 8.42 Å². The van der Waals surface area contributed by atoms with E-state index in [0.29, 0.717) is 16.3 Å². The first kappa shape index (κ1) is 15.8. The largest absolute Gasteiger partial charge is 0.320 e. The number of anilines is 1. The first-order chi connectivity index (χ1) is 8.67. The van der Waals surface area contributed by atoms with Crippen molar-refractivity contribution in [1.29, 1.82) is 0 Å². The molecule has 0 aliphatic carbocycles. The van der Waals surface area contributed by atoms with Gasteiger partial charge in [-0.15, -0.1) is 0 Å². The highest BCUT2D eigenvalue weighted by atomic mass is 35.5. The minimum absolute atomic E-state index is 0.242. The van der Waals surface area contributed by atoms with Crippen LogP contribution in [0.15, 0.2) is 18.2 Å². The third-order valence-corrected chi connectivity index (χ3v) is 4.78. The number of sulfonamides is 1. The van der Waals surface area contributed by atoms with Crippen LogP contribution in [0.3, 0.4) is 0 Å². The summed E-state index contributed by atoms with van der Waals surface area (Å²) >= 11 is 5.99. The molecule has 0 bridgehead atoms. The van der Waals surface area contributed by atoms with Gasteiger partial charge in [-0.25, -0.2) is 8.42 Å². The first-order valence-corrected chi connectivity index (χ1v) is 7.54. The number of benzene rings is 1. The van der Waals surface area contributed by atoms with Crippen LogP contribution in [0.4, 0.5) is 5.69 Å². The third kappa shape index (κ3) is 4.13. The summed E-state index contributed by atoms with van der Waals surface area (Å²) < 4.78 is 25.7. The zero-order chi connectivity index (χ0) is 14.7. The highest BCUT2D eigenvalue weighted by molar-refractivity contribution is 7.94. The predicted octanol–water partition coefficient (Wildman–Crippen LogP) is 2.19. The van der Waals surface area contributed by atoms with E-state index in [1.54, 1.807) is 39.0 Å². The smallest absolute Gasteiger partial charge is 0.237 e. The molecule has 0 aliphatic heterocycles. The Morgan fingerprint density at radius 2 is 2.00 bits per heavy atom. The minimum atomic E-state index is -3.52. The highest BCUT2D eigenvalue weighted by Gasteiger charge is 2.29. The molecule has 0 saturated heterocycles. The van der Waals surface area contributed by atoms with Crippen LogP contribution < -0.4 is 10.5 Å². The summed E-state index contributed by atoms with van der Waals surface area (Å²) in [6.07, 6.45) is 0. The summed E-state index contributed by atoms with van der Waals surface area (Å²) in [6, 6.07) is 4.90. The molecule has 0 heterocycles. The van der Waals surface area contributed by atoms with E-state index in [0.717, 1.165) is 0 Å². The van der Waals surface area contributed by atoms with Gasteiger partial charge in [0, 0.05) is 5.56 Å². The van der Waals surface area contributed by atoms with Crippen molar-refractivity contribution in [2.75, 3.05) is 11.3 Å². The fourth-order valence-corrected chi connectivity index (χ4v) is 2.12. The van der Waals surface area contributed by atoms with Crippen LogP contribution >= 0.6 is 11.6 Å². The normalized spacial score (nSPS) is 11.6. The summed E-state index contributed by atoms with van der Waals surface area (Å²) in [5.41, 5.74) is 6.27. The van der Waals surface area contributed by atoms with Gasteiger partial charge in [-0.05, 0) is 39.0 Å². The van der Waals surface area contributed by atoms with Crippen molar-refractivity contribution in [2.45, 2.75) is 25.5 Å². The SMILES string of the molecule is CC(C)(C)S(=O)(=O)Nc1cc(C#CCN)ccc1Cl. The van der Waals surface area contributed by atoms with E-state index in [1.165, 1.54) is 0 Å².